The summed E-state index contributed by atoms with van der Waals surface area (Å²) in [4.78, 5) is 26.5. The van der Waals surface area contributed by atoms with E-state index in [0.717, 1.165) is 0 Å². The summed E-state index contributed by atoms with van der Waals surface area (Å²) >= 11 is 1.25. The van der Waals surface area contributed by atoms with Crippen LogP contribution in [0.2, 0.25) is 0 Å². The normalized spacial score (nSPS) is 10.7. The minimum absolute atomic E-state index is 0.0896. The summed E-state index contributed by atoms with van der Waals surface area (Å²) in [6, 6.07) is 7.67. The third-order valence-electron chi connectivity index (χ3n) is 2.49. The van der Waals surface area contributed by atoms with E-state index in [2.05, 4.69) is 10.3 Å². The largest absolute Gasteiger partial charge is 0.478 e. The Kier molecular flexibility index (Phi) is 4.43. The molecule has 1 aromatic heterocycles. The summed E-state index contributed by atoms with van der Waals surface area (Å²) < 4.78 is 0. The molecule has 0 saturated heterocycles. The number of hydrogen-bond acceptors (Lipinski definition) is 5. The second kappa shape index (κ2) is 6.45. The molecule has 2 rings (SSSR count). The van der Waals surface area contributed by atoms with Crippen LogP contribution in [0.1, 0.15) is 15.9 Å². The van der Waals surface area contributed by atoms with Crippen LogP contribution < -0.4 is 5.32 Å². The van der Waals surface area contributed by atoms with Gasteiger partial charge in [0.1, 0.15) is 11.6 Å². The van der Waals surface area contributed by atoms with Gasteiger partial charge in [-0.05, 0) is 23.8 Å². The third kappa shape index (κ3) is 3.75. The van der Waals surface area contributed by atoms with E-state index >= 15 is 0 Å². The standard InChI is InChI=1S/C14H9N3O3S/c15-8-11(12(18)17-14-16-5-6-21-14)7-9-1-3-10(4-2-9)13(19)20/h1-7H,(H,19,20)(H,16,17,18)/b11-7-. The maximum absolute atomic E-state index is 11.9. The number of anilines is 1. The molecule has 1 aromatic carbocycles. The first-order valence-corrected chi connectivity index (χ1v) is 6.64. The van der Waals surface area contributed by atoms with Crippen LogP contribution in [0.25, 0.3) is 6.08 Å². The average molecular weight is 299 g/mol. The first-order valence-electron chi connectivity index (χ1n) is 5.76. The number of carboxylic acids is 1. The number of nitrogens with one attached hydrogen (secondary N) is 1. The molecule has 0 unspecified atom stereocenters. The molecule has 1 heterocycles. The smallest absolute Gasteiger partial charge is 0.335 e. The molecule has 0 aliphatic heterocycles. The number of aromatic nitrogens is 1. The van der Waals surface area contributed by atoms with Crippen molar-refractivity contribution in [3.05, 3.63) is 52.5 Å². The van der Waals surface area contributed by atoms with E-state index in [4.69, 9.17) is 10.4 Å². The molecule has 0 fully saturated rings. The molecule has 0 saturated carbocycles. The van der Waals surface area contributed by atoms with E-state index in [1.807, 2.05) is 6.07 Å². The quantitative estimate of drug-likeness (QED) is 0.666. The van der Waals surface area contributed by atoms with Crippen molar-refractivity contribution in [2.45, 2.75) is 0 Å². The van der Waals surface area contributed by atoms with Gasteiger partial charge in [0.2, 0.25) is 0 Å². The van der Waals surface area contributed by atoms with E-state index in [1.54, 1.807) is 11.6 Å². The summed E-state index contributed by atoms with van der Waals surface area (Å²) in [6.07, 6.45) is 2.93. The third-order valence-corrected chi connectivity index (χ3v) is 3.18. The highest BCUT2D eigenvalue weighted by atomic mass is 32.1. The molecule has 7 heteroatoms. The van der Waals surface area contributed by atoms with Gasteiger partial charge in [0.25, 0.3) is 5.91 Å². The lowest BCUT2D eigenvalue weighted by Gasteiger charge is -2.00. The van der Waals surface area contributed by atoms with Crippen molar-refractivity contribution in [2.24, 2.45) is 0 Å². The van der Waals surface area contributed by atoms with Crippen LogP contribution in [0.15, 0.2) is 41.4 Å². The van der Waals surface area contributed by atoms with Crippen molar-refractivity contribution >= 4 is 34.4 Å². The molecular weight excluding hydrogens is 290 g/mol. The van der Waals surface area contributed by atoms with Crippen LogP contribution in [-0.4, -0.2) is 22.0 Å². The van der Waals surface area contributed by atoms with Crippen molar-refractivity contribution < 1.29 is 14.7 Å². The van der Waals surface area contributed by atoms with Gasteiger partial charge >= 0.3 is 5.97 Å². The maximum Gasteiger partial charge on any atom is 0.335 e. The molecule has 1 amide bonds. The van der Waals surface area contributed by atoms with E-state index in [9.17, 15) is 9.59 Å². The first kappa shape index (κ1) is 14.4. The molecule has 0 radical (unpaired) electrons. The van der Waals surface area contributed by atoms with Crippen molar-refractivity contribution in [1.82, 2.24) is 4.98 Å². The zero-order valence-corrected chi connectivity index (χ0v) is 11.4. The zero-order valence-electron chi connectivity index (χ0n) is 10.6. The number of aromatic carboxylic acids is 1. The number of nitrogens with zero attached hydrogens (tertiary/aromatic N) is 2. The van der Waals surface area contributed by atoms with Crippen LogP contribution in [-0.2, 0) is 4.79 Å². The Morgan fingerprint density at radius 1 is 1.33 bits per heavy atom. The van der Waals surface area contributed by atoms with Crippen LogP contribution >= 0.6 is 11.3 Å². The predicted molar refractivity (Wildman–Crippen MR) is 77.7 cm³/mol. The molecule has 2 N–H and O–H groups in total. The number of hydrogen-bond donors (Lipinski definition) is 2. The Hall–Kier alpha value is -2.98. The number of carbonyl (C=O) groups is 2. The number of rotatable bonds is 4. The number of carbonyl (C=O) groups excluding carboxylic acids is 1. The van der Waals surface area contributed by atoms with E-state index in [-0.39, 0.29) is 11.1 Å². The highest BCUT2D eigenvalue weighted by Crippen LogP contribution is 2.14. The fraction of sp³-hybridized carbons (Fsp3) is 0. The molecule has 21 heavy (non-hydrogen) atoms. The zero-order chi connectivity index (χ0) is 15.2. The van der Waals surface area contributed by atoms with E-state index in [1.165, 1.54) is 41.7 Å². The Balaban J connectivity index is 2.18. The Bertz CT molecular complexity index is 728. The number of nitriles is 1. The second-order valence-electron chi connectivity index (χ2n) is 3.89. The lowest BCUT2D eigenvalue weighted by atomic mass is 10.1. The Morgan fingerprint density at radius 2 is 2.05 bits per heavy atom. The number of benzene rings is 1. The van der Waals surface area contributed by atoms with Gasteiger partial charge in [-0.2, -0.15) is 5.26 Å². The minimum atomic E-state index is -1.03. The van der Waals surface area contributed by atoms with E-state index < -0.39 is 11.9 Å². The van der Waals surface area contributed by atoms with Crippen molar-refractivity contribution in [3.63, 3.8) is 0 Å². The van der Waals surface area contributed by atoms with Crippen LogP contribution in [0.3, 0.4) is 0 Å². The first-order chi connectivity index (χ1) is 10.1. The van der Waals surface area contributed by atoms with Gasteiger partial charge in [-0.15, -0.1) is 11.3 Å². The summed E-state index contributed by atoms with van der Waals surface area (Å²) in [6.45, 7) is 0. The Morgan fingerprint density at radius 3 is 2.57 bits per heavy atom. The molecular formula is C14H9N3O3S. The predicted octanol–water partition coefficient (Wildman–Crippen LogP) is 2.39. The molecule has 0 bridgehead atoms. The number of thiazole rings is 1. The summed E-state index contributed by atoms with van der Waals surface area (Å²) in [5, 5.41) is 22.5. The lowest BCUT2D eigenvalue weighted by molar-refractivity contribution is -0.112. The SMILES string of the molecule is N#C/C(=C/c1ccc(C(=O)O)cc1)C(=O)Nc1nccs1. The van der Waals surface area contributed by atoms with Crippen molar-refractivity contribution in [3.8, 4) is 6.07 Å². The topological polar surface area (TPSA) is 103 Å². The van der Waals surface area contributed by atoms with Crippen molar-refractivity contribution in [1.29, 1.82) is 5.26 Å². The molecule has 0 aliphatic rings. The van der Waals surface area contributed by atoms with Crippen LogP contribution in [0, 0.1) is 11.3 Å². The Labute approximate surface area is 124 Å². The minimum Gasteiger partial charge on any atom is -0.478 e. The lowest BCUT2D eigenvalue weighted by Crippen LogP contribution is -2.13. The van der Waals surface area contributed by atoms with Gasteiger partial charge in [0, 0.05) is 11.6 Å². The highest BCUT2D eigenvalue weighted by Gasteiger charge is 2.11. The van der Waals surface area contributed by atoms with Crippen LogP contribution in [0.5, 0.6) is 0 Å². The average Bonchev–Trinajstić information content (AvgIpc) is 2.98. The van der Waals surface area contributed by atoms with Gasteiger partial charge in [-0.25, -0.2) is 9.78 Å². The van der Waals surface area contributed by atoms with E-state index in [0.29, 0.717) is 10.7 Å². The summed E-state index contributed by atoms with van der Waals surface area (Å²) in [7, 11) is 0. The van der Waals surface area contributed by atoms with Crippen molar-refractivity contribution in [2.75, 3.05) is 5.32 Å². The van der Waals surface area contributed by atoms with Gasteiger partial charge in [-0.3, -0.25) is 10.1 Å². The van der Waals surface area contributed by atoms with Gasteiger partial charge in [0.05, 0.1) is 5.56 Å². The molecule has 6 nitrogen and oxygen atoms in total. The molecule has 0 spiro atoms. The fourth-order valence-corrected chi connectivity index (χ4v) is 2.01. The van der Waals surface area contributed by atoms with Gasteiger partial charge < -0.3 is 5.11 Å². The number of carboxylic acid groups (broad SMARTS) is 1. The van der Waals surface area contributed by atoms with Gasteiger partial charge in [0.15, 0.2) is 5.13 Å². The monoisotopic (exact) mass is 299 g/mol. The molecule has 0 aliphatic carbocycles. The molecule has 0 atom stereocenters. The number of amides is 1. The molecule has 104 valence electrons. The second-order valence-corrected chi connectivity index (χ2v) is 4.78. The molecule has 2 aromatic rings. The summed E-state index contributed by atoms with van der Waals surface area (Å²) in [5.74, 6) is -1.60. The maximum atomic E-state index is 11.9. The summed E-state index contributed by atoms with van der Waals surface area (Å²) in [5.41, 5.74) is 0.608. The fourth-order valence-electron chi connectivity index (χ4n) is 1.49. The van der Waals surface area contributed by atoms with Gasteiger partial charge in [-0.1, -0.05) is 12.1 Å². The van der Waals surface area contributed by atoms with Crippen LogP contribution in [0.4, 0.5) is 5.13 Å². The highest BCUT2D eigenvalue weighted by molar-refractivity contribution is 7.13.